The summed E-state index contributed by atoms with van der Waals surface area (Å²) in [5.74, 6) is -1.58. The van der Waals surface area contributed by atoms with Crippen molar-refractivity contribution >= 4 is 21.8 Å². The lowest BCUT2D eigenvalue weighted by Gasteiger charge is -2.06. The topological polar surface area (TPSA) is 38.3 Å². The fourth-order valence-electron chi connectivity index (χ4n) is 1.23. The summed E-state index contributed by atoms with van der Waals surface area (Å²) in [5, 5.41) is 2.53. The molecule has 0 spiro atoms. The van der Waals surface area contributed by atoms with E-state index in [0.29, 0.717) is 13.2 Å². The van der Waals surface area contributed by atoms with Crippen LogP contribution in [0.2, 0.25) is 0 Å². The van der Waals surface area contributed by atoms with Gasteiger partial charge in [0.2, 0.25) is 5.91 Å². The van der Waals surface area contributed by atoms with Crippen LogP contribution in [0, 0.1) is 11.6 Å². The molecule has 1 amide bonds. The molecule has 0 radical (unpaired) electrons. The van der Waals surface area contributed by atoms with Crippen molar-refractivity contribution in [1.29, 1.82) is 0 Å². The number of carbonyl (C=O) groups is 1. The molecule has 1 aromatic rings. The minimum absolute atomic E-state index is 0.0283. The lowest BCUT2D eigenvalue weighted by Crippen LogP contribution is -2.28. The Balaban J connectivity index is 2.62. The summed E-state index contributed by atoms with van der Waals surface area (Å²) in [6.45, 7) is 0.721. The van der Waals surface area contributed by atoms with Crippen molar-refractivity contribution < 1.29 is 18.3 Å². The molecule has 0 unspecified atom stereocenters. The molecule has 3 nitrogen and oxygen atoms in total. The molecule has 17 heavy (non-hydrogen) atoms. The predicted molar refractivity (Wildman–Crippen MR) is 62.6 cm³/mol. The zero-order chi connectivity index (χ0) is 12.8. The number of rotatable bonds is 5. The molecule has 0 bridgehead atoms. The second kappa shape index (κ2) is 6.66. The Kier molecular flexibility index (Phi) is 5.50. The molecule has 0 atom stereocenters. The van der Waals surface area contributed by atoms with E-state index in [1.807, 2.05) is 0 Å². The van der Waals surface area contributed by atoms with Gasteiger partial charge < -0.3 is 10.1 Å². The van der Waals surface area contributed by atoms with Crippen LogP contribution in [-0.2, 0) is 16.0 Å². The highest BCUT2D eigenvalue weighted by atomic mass is 79.9. The maximum Gasteiger partial charge on any atom is 0.224 e. The Bertz CT molecular complexity index is 413. The predicted octanol–water partition coefficient (Wildman–Crippen LogP) is 2.03. The first kappa shape index (κ1) is 14.1. The van der Waals surface area contributed by atoms with Gasteiger partial charge in [-0.25, -0.2) is 8.78 Å². The Labute approximate surface area is 106 Å². The highest BCUT2D eigenvalue weighted by molar-refractivity contribution is 9.10. The number of ether oxygens (including phenoxy) is 1. The van der Waals surface area contributed by atoms with E-state index >= 15 is 0 Å². The van der Waals surface area contributed by atoms with Crippen LogP contribution >= 0.6 is 15.9 Å². The molecule has 0 aliphatic heterocycles. The zero-order valence-corrected chi connectivity index (χ0v) is 10.8. The van der Waals surface area contributed by atoms with Crippen LogP contribution in [0.1, 0.15) is 5.56 Å². The number of amides is 1. The standard InChI is InChI=1S/C11H12BrF2NO2/c1-17-3-2-15-11(16)5-7-4-10(14)8(12)6-9(7)13/h4,6H,2-3,5H2,1H3,(H,15,16). The Morgan fingerprint density at radius 2 is 2.12 bits per heavy atom. The molecular weight excluding hydrogens is 296 g/mol. The van der Waals surface area contributed by atoms with Gasteiger partial charge in [-0.1, -0.05) is 0 Å². The highest BCUT2D eigenvalue weighted by Gasteiger charge is 2.11. The Morgan fingerprint density at radius 1 is 1.41 bits per heavy atom. The van der Waals surface area contributed by atoms with E-state index in [0.717, 1.165) is 12.1 Å². The van der Waals surface area contributed by atoms with Crippen LogP contribution in [0.5, 0.6) is 0 Å². The molecule has 0 saturated heterocycles. The molecular formula is C11H12BrF2NO2. The summed E-state index contributed by atoms with van der Waals surface area (Å²) in [4.78, 5) is 11.4. The minimum atomic E-state index is -0.611. The Hall–Kier alpha value is -1.01. The molecule has 0 aliphatic rings. The molecule has 94 valence electrons. The lowest BCUT2D eigenvalue weighted by molar-refractivity contribution is -0.120. The van der Waals surface area contributed by atoms with Gasteiger partial charge in [-0.15, -0.1) is 0 Å². The molecule has 1 N–H and O–H groups in total. The molecule has 1 aromatic carbocycles. The normalized spacial score (nSPS) is 10.4. The van der Waals surface area contributed by atoms with E-state index in [4.69, 9.17) is 4.74 Å². The highest BCUT2D eigenvalue weighted by Crippen LogP contribution is 2.20. The van der Waals surface area contributed by atoms with Crippen LogP contribution < -0.4 is 5.32 Å². The van der Waals surface area contributed by atoms with Crippen molar-refractivity contribution in [3.63, 3.8) is 0 Å². The molecule has 0 saturated carbocycles. The summed E-state index contributed by atoms with van der Waals surface area (Å²) in [7, 11) is 1.51. The second-order valence-electron chi connectivity index (χ2n) is 3.38. The SMILES string of the molecule is COCCNC(=O)Cc1cc(F)c(Br)cc1F. The smallest absolute Gasteiger partial charge is 0.224 e. The fourth-order valence-corrected chi connectivity index (χ4v) is 1.54. The van der Waals surface area contributed by atoms with E-state index in [1.165, 1.54) is 7.11 Å². The van der Waals surface area contributed by atoms with Gasteiger partial charge in [0.1, 0.15) is 11.6 Å². The monoisotopic (exact) mass is 307 g/mol. The summed E-state index contributed by atoms with van der Waals surface area (Å²) in [6, 6.07) is 2.02. The van der Waals surface area contributed by atoms with Crippen LogP contribution in [-0.4, -0.2) is 26.2 Å². The first-order chi connectivity index (χ1) is 8.04. The molecule has 1 rings (SSSR count). The number of methoxy groups -OCH3 is 1. The van der Waals surface area contributed by atoms with Gasteiger partial charge in [0.25, 0.3) is 0 Å². The van der Waals surface area contributed by atoms with Crippen LogP contribution in [0.4, 0.5) is 8.78 Å². The van der Waals surface area contributed by atoms with Gasteiger partial charge in [-0.3, -0.25) is 4.79 Å². The lowest BCUT2D eigenvalue weighted by atomic mass is 10.1. The molecule has 0 heterocycles. The van der Waals surface area contributed by atoms with Gasteiger partial charge in [0, 0.05) is 19.2 Å². The largest absolute Gasteiger partial charge is 0.383 e. The summed E-state index contributed by atoms with van der Waals surface area (Å²) in [5.41, 5.74) is 0.0283. The van der Waals surface area contributed by atoms with Crippen LogP contribution in [0.3, 0.4) is 0 Å². The second-order valence-corrected chi connectivity index (χ2v) is 4.23. The molecule has 0 aliphatic carbocycles. The summed E-state index contributed by atoms with van der Waals surface area (Å²) in [6.07, 6.45) is -0.195. The van der Waals surface area contributed by atoms with Crippen LogP contribution in [0.25, 0.3) is 0 Å². The van der Waals surface area contributed by atoms with Crippen molar-refractivity contribution in [2.75, 3.05) is 20.3 Å². The number of hydrogen-bond donors (Lipinski definition) is 1. The van der Waals surface area contributed by atoms with Crippen molar-refractivity contribution in [2.45, 2.75) is 6.42 Å². The Morgan fingerprint density at radius 3 is 2.76 bits per heavy atom. The van der Waals surface area contributed by atoms with E-state index in [1.54, 1.807) is 0 Å². The molecule has 6 heteroatoms. The van der Waals surface area contributed by atoms with Gasteiger partial charge in [-0.2, -0.15) is 0 Å². The maximum atomic E-state index is 13.4. The number of hydrogen-bond acceptors (Lipinski definition) is 2. The third-order valence-corrected chi connectivity index (χ3v) is 2.68. The van der Waals surface area contributed by atoms with Crippen molar-refractivity contribution in [2.24, 2.45) is 0 Å². The molecule has 0 aromatic heterocycles. The summed E-state index contributed by atoms with van der Waals surface area (Å²) >= 11 is 2.87. The minimum Gasteiger partial charge on any atom is -0.383 e. The van der Waals surface area contributed by atoms with Crippen molar-refractivity contribution in [3.05, 3.63) is 33.8 Å². The van der Waals surface area contributed by atoms with Gasteiger partial charge in [0.05, 0.1) is 17.5 Å². The quantitative estimate of drug-likeness (QED) is 0.668. The maximum absolute atomic E-state index is 13.4. The van der Waals surface area contributed by atoms with E-state index < -0.39 is 11.6 Å². The molecule has 0 fully saturated rings. The zero-order valence-electron chi connectivity index (χ0n) is 9.23. The van der Waals surface area contributed by atoms with Gasteiger partial charge in [0.15, 0.2) is 0 Å². The first-order valence-electron chi connectivity index (χ1n) is 4.93. The first-order valence-corrected chi connectivity index (χ1v) is 5.73. The number of halogens is 3. The van der Waals surface area contributed by atoms with Gasteiger partial charge in [-0.05, 0) is 28.1 Å². The van der Waals surface area contributed by atoms with E-state index in [9.17, 15) is 13.6 Å². The summed E-state index contributed by atoms with van der Waals surface area (Å²) < 4.78 is 31.3. The fraction of sp³-hybridized carbons (Fsp3) is 0.364. The average Bonchev–Trinajstić information content (AvgIpc) is 2.26. The van der Waals surface area contributed by atoms with Crippen molar-refractivity contribution in [3.8, 4) is 0 Å². The van der Waals surface area contributed by atoms with Crippen LogP contribution in [0.15, 0.2) is 16.6 Å². The third kappa shape index (κ3) is 4.40. The van der Waals surface area contributed by atoms with Gasteiger partial charge >= 0.3 is 0 Å². The number of nitrogens with one attached hydrogen (secondary N) is 1. The van der Waals surface area contributed by atoms with Crippen molar-refractivity contribution in [1.82, 2.24) is 5.32 Å². The van der Waals surface area contributed by atoms with E-state index in [-0.39, 0.29) is 22.4 Å². The number of carbonyl (C=O) groups excluding carboxylic acids is 1. The number of benzene rings is 1. The average molecular weight is 308 g/mol. The third-order valence-electron chi connectivity index (χ3n) is 2.07. The van der Waals surface area contributed by atoms with E-state index in [2.05, 4.69) is 21.2 Å².